The van der Waals surface area contributed by atoms with Crippen LogP contribution < -0.4 is 0 Å². The highest BCUT2D eigenvalue weighted by Gasteiger charge is 2.41. The van der Waals surface area contributed by atoms with Gasteiger partial charge in [-0.3, -0.25) is 4.79 Å². The van der Waals surface area contributed by atoms with E-state index in [0.717, 1.165) is 19.3 Å². The van der Waals surface area contributed by atoms with Crippen molar-refractivity contribution in [2.45, 2.75) is 148 Å². The summed E-state index contributed by atoms with van der Waals surface area (Å²) >= 11 is 0. The van der Waals surface area contributed by atoms with E-state index < -0.39 is 35.9 Å². The number of aliphatic hydroxyl groups excluding tert-OH is 3. The second-order valence-electron chi connectivity index (χ2n) is 9.55. The fourth-order valence-electron chi connectivity index (χ4n) is 4.26. The molecule has 0 unspecified atom stereocenters. The standard InChI is InChI=1S/C27H48O7/c1-2-3-4-5-6-7-8-9-10-11-12-13-14-15-16-17-18-19-20-21-22(28)33-27(32)25-23(29)24(30)26(31)34-25/h25,27,29-30,32H,2-21H2,1H3/t25-,27-/m0/s1. The fourth-order valence-corrected chi connectivity index (χ4v) is 4.26. The molecule has 0 aliphatic carbocycles. The first-order valence-corrected chi connectivity index (χ1v) is 13.7. The average Bonchev–Trinajstić information content (AvgIpc) is 3.08. The SMILES string of the molecule is CCCCCCCCCCCCCCCCCCCCCC(=O)O[C@H](O)[C@H]1OC(=O)C(O)=C1O. The summed E-state index contributed by atoms with van der Waals surface area (Å²) in [4.78, 5) is 22.9. The predicted molar refractivity (Wildman–Crippen MR) is 132 cm³/mol. The second kappa shape index (κ2) is 19.5. The zero-order chi connectivity index (χ0) is 25.0. The zero-order valence-electron chi connectivity index (χ0n) is 21.3. The van der Waals surface area contributed by atoms with Crippen LogP contribution >= 0.6 is 0 Å². The zero-order valence-corrected chi connectivity index (χ0v) is 21.3. The molecule has 3 N–H and O–H groups in total. The highest BCUT2D eigenvalue weighted by molar-refractivity contribution is 5.89. The molecule has 2 atom stereocenters. The lowest BCUT2D eigenvalue weighted by Crippen LogP contribution is -2.33. The van der Waals surface area contributed by atoms with E-state index in [-0.39, 0.29) is 6.42 Å². The maximum Gasteiger partial charge on any atom is 0.378 e. The number of hydrogen-bond acceptors (Lipinski definition) is 7. The third-order valence-corrected chi connectivity index (χ3v) is 6.44. The Bertz CT molecular complexity index is 588. The van der Waals surface area contributed by atoms with Crippen molar-refractivity contribution < 1.29 is 34.4 Å². The van der Waals surface area contributed by atoms with Crippen LogP contribution in [0.1, 0.15) is 135 Å². The molecule has 0 amide bonds. The van der Waals surface area contributed by atoms with Gasteiger partial charge in [0.05, 0.1) is 0 Å². The van der Waals surface area contributed by atoms with E-state index >= 15 is 0 Å². The number of ether oxygens (including phenoxy) is 2. The van der Waals surface area contributed by atoms with Crippen molar-refractivity contribution in [2.75, 3.05) is 0 Å². The Morgan fingerprint density at radius 2 is 1.15 bits per heavy atom. The van der Waals surface area contributed by atoms with E-state index in [0.29, 0.717) is 6.42 Å². The molecule has 1 rings (SSSR count). The maximum absolute atomic E-state index is 11.8. The molecule has 1 aliphatic rings. The highest BCUT2D eigenvalue weighted by Crippen LogP contribution is 2.22. The Hall–Kier alpha value is -1.76. The molecule has 0 fully saturated rings. The number of hydrogen-bond donors (Lipinski definition) is 3. The quantitative estimate of drug-likeness (QED) is 0.0868. The topological polar surface area (TPSA) is 113 Å². The van der Waals surface area contributed by atoms with Gasteiger partial charge >= 0.3 is 11.9 Å². The van der Waals surface area contributed by atoms with Crippen molar-refractivity contribution >= 4 is 11.9 Å². The molecule has 0 radical (unpaired) electrons. The minimum Gasteiger partial charge on any atom is -0.505 e. The first kappa shape index (κ1) is 30.3. The van der Waals surface area contributed by atoms with E-state index in [1.54, 1.807) is 0 Å². The summed E-state index contributed by atoms with van der Waals surface area (Å²) in [5.41, 5.74) is 0. The molecule has 198 valence electrons. The van der Waals surface area contributed by atoms with Gasteiger partial charge in [0.15, 0.2) is 5.76 Å². The molecular weight excluding hydrogens is 436 g/mol. The summed E-state index contributed by atoms with van der Waals surface area (Å²) in [6, 6.07) is 0. The number of esters is 2. The Morgan fingerprint density at radius 3 is 1.50 bits per heavy atom. The second-order valence-corrected chi connectivity index (χ2v) is 9.55. The molecule has 7 heteroatoms. The molecule has 0 aromatic rings. The summed E-state index contributed by atoms with van der Waals surface area (Å²) in [6.45, 7) is 2.27. The summed E-state index contributed by atoms with van der Waals surface area (Å²) in [7, 11) is 0. The lowest BCUT2D eigenvalue weighted by atomic mass is 10.0. The number of carbonyl (C=O) groups excluding carboxylic acids is 2. The molecule has 0 bridgehead atoms. The van der Waals surface area contributed by atoms with Crippen LogP contribution in [0.4, 0.5) is 0 Å². The van der Waals surface area contributed by atoms with Crippen molar-refractivity contribution in [1.82, 2.24) is 0 Å². The minimum atomic E-state index is -1.83. The van der Waals surface area contributed by atoms with Gasteiger partial charge in [0, 0.05) is 6.42 Å². The van der Waals surface area contributed by atoms with Crippen molar-refractivity contribution in [3.05, 3.63) is 11.5 Å². The number of carbonyl (C=O) groups is 2. The summed E-state index contributed by atoms with van der Waals surface area (Å²) in [5, 5.41) is 28.4. The third kappa shape index (κ3) is 13.8. The fraction of sp³-hybridized carbons (Fsp3) is 0.852. The molecule has 7 nitrogen and oxygen atoms in total. The van der Waals surface area contributed by atoms with Gasteiger partial charge in [-0.05, 0) is 6.42 Å². The van der Waals surface area contributed by atoms with Crippen molar-refractivity contribution in [1.29, 1.82) is 0 Å². The third-order valence-electron chi connectivity index (χ3n) is 6.44. The Balaban J connectivity index is 1.82. The number of rotatable bonds is 22. The van der Waals surface area contributed by atoms with Crippen LogP contribution in [0.15, 0.2) is 11.5 Å². The smallest absolute Gasteiger partial charge is 0.378 e. The van der Waals surface area contributed by atoms with E-state index in [1.165, 1.54) is 96.3 Å². The normalized spacial score (nSPS) is 16.6. The molecule has 0 aromatic carbocycles. The van der Waals surface area contributed by atoms with Gasteiger partial charge in [-0.15, -0.1) is 0 Å². The first-order chi connectivity index (χ1) is 16.5. The van der Waals surface area contributed by atoms with Crippen LogP contribution in [0.2, 0.25) is 0 Å². The molecule has 0 saturated heterocycles. The van der Waals surface area contributed by atoms with Crippen LogP contribution in [-0.2, 0) is 19.1 Å². The molecule has 0 saturated carbocycles. The Kier molecular flexibility index (Phi) is 17.4. The van der Waals surface area contributed by atoms with Crippen LogP contribution in [0.5, 0.6) is 0 Å². The Morgan fingerprint density at radius 1 is 0.765 bits per heavy atom. The molecule has 1 heterocycles. The lowest BCUT2D eigenvalue weighted by molar-refractivity contribution is -0.191. The van der Waals surface area contributed by atoms with E-state index in [2.05, 4.69) is 11.7 Å². The maximum atomic E-state index is 11.8. The molecule has 0 spiro atoms. The van der Waals surface area contributed by atoms with Gasteiger partial charge < -0.3 is 24.8 Å². The summed E-state index contributed by atoms with van der Waals surface area (Å²) in [6.07, 6.45) is 21.0. The van der Waals surface area contributed by atoms with Gasteiger partial charge in [-0.25, -0.2) is 4.79 Å². The van der Waals surface area contributed by atoms with Gasteiger partial charge in [-0.2, -0.15) is 0 Å². The molecular formula is C27H48O7. The van der Waals surface area contributed by atoms with Crippen LogP contribution in [0.25, 0.3) is 0 Å². The van der Waals surface area contributed by atoms with Gasteiger partial charge in [-0.1, -0.05) is 122 Å². The lowest BCUT2D eigenvalue weighted by Gasteiger charge is -2.17. The van der Waals surface area contributed by atoms with Gasteiger partial charge in [0.1, 0.15) is 0 Å². The van der Waals surface area contributed by atoms with Gasteiger partial charge in [0.2, 0.25) is 18.2 Å². The molecule has 1 aliphatic heterocycles. The highest BCUT2D eigenvalue weighted by atomic mass is 16.7. The van der Waals surface area contributed by atoms with Crippen molar-refractivity contribution in [3.63, 3.8) is 0 Å². The Labute approximate surface area is 205 Å². The minimum absolute atomic E-state index is 0.146. The molecule has 0 aromatic heterocycles. The largest absolute Gasteiger partial charge is 0.505 e. The van der Waals surface area contributed by atoms with E-state index in [4.69, 9.17) is 4.74 Å². The van der Waals surface area contributed by atoms with E-state index in [1.807, 2.05) is 0 Å². The van der Waals surface area contributed by atoms with Crippen LogP contribution in [0, 0.1) is 0 Å². The van der Waals surface area contributed by atoms with E-state index in [9.17, 15) is 24.9 Å². The number of aliphatic hydroxyl groups is 3. The molecule has 34 heavy (non-hydrogen) atoms. The number of unbranched alkanes of at least 4 members (excludes halogenated alkanes) is 18. The van der Waals surface area contributed by atoms with Gasteiger partial charge in [0.25, 0.3) is 0 Å². The van der Waals surface area contributed by atoms with Crippen LogP contribution in [-0.4, -0.2) is 39.7 Å². The van der Waals surface area contributed by atoms with Crippen molar-refractivity contribution in [3.8, 4) is 0 Å². The summed E-state index contributed by atoms with van der Waals surface area (Å²) in [5.74, 6) is -3.58. The predicted octanol–water partition coefficient (Wildman–Crippen LogP) is 6.92. The van der Waals surface area contributed by atoms with Crippen molar-refractivity contribution in [2.24, 2.45) is 0 Å². The monoisotopic (exact) mass is 484 g/mol. The average molecular weight is 485 g/mol. The number of cyclic esters (lactones) is 1. The van der Waals surface area contributed by atoms with Crippen LogP contribution in [0.3, 0.4) is 0 Å². The first-order valence-electron chi connectivity index (χ1n) is 13.7. The summed E-state index contributed by atoms with van der Waals surface area (Å²) < 4.78 is 9.33.